The lowest BCUT2D eigenvalue weighted by atomic mass is 10.1. The van der Waals surface area contributed by atoms with Crippen LogP contribution >= 0.6 is 0 Å². The van der Waals surface area contributed by atoms with Gasteiger partial charge in [-0.15, -0.1) is 0 Å². The SMILES string of the molecule is COc1cc(C(C)=O)ccc1OCC(=O)Nc1c(C)cc(C)cc1C. The van der Waals surface area contributed by atoms with Gasteiger partial charge in [0.1, 0.15) is 0 Å². The monoisotopic (exact) mass is 341 g/mol. The fraction of sp³-hybridized carbons (Fsp3) is 0.300. The Morgan fingerprint density at radius 3 is 2.20 bits per heavy atom. The van der Waals surface area contributed by atoms with Crippen molar-refractivity contribution in [2.24, 2.45) is 0 Å². The smallest absolute Gasteiger partial charge is 0.262 e. The summed E-state index contributed by atoms with van der Waals surface area (Å²) in [4.78, 5) is 23.6. The summed E-state index contributed by atoms with van der Waals surface area (Å²) in [5.74, 6) is 0.517. The van der Waals surface area contributed by atoms with Crippen LogP contribution in [0.1, 0.15) is 34.0 Å². The Bertz CT molecular complexity index is 788. The van der Waals surface area contributed by atoms with Crippen LogP contribution in [0.3, 0.4) is 0 Å². The van der Waals surface area contributed by atoms with E-state index in [1.165, 1.54) is 14.0 Å². The predicted molar refractivity (Wildman–Crippen MR) is 97.8 cm³/mol. The van der Waals surface area contributed by atoms with E-state index in [9.17, 15) is 9.59 Å². The maximum atomic E-state index is 12.2. The van der Waals surface area contributed by atoms with Crippen molar-refractivity contribution in [3.05, 3.63) is 52.6 Å². The number of amides is 1. The van der Waals surface area contributed by atoms with Crippen LogP contribution in [-0.4, -0.2) is 25.4 Å². The molecule has 2 aromatic rings. The number of benzene rings is 2. The lowest BCUT2D eigenvalue weighted by Crippen LogP contribution is -2.21. The highest BCUT2D eigenvalue weighted by atomic mass is 16.5. The average molecular weight is 341 g/mol. The molecule has 0 saturated heterocycles. The quantitative estimate of drug-likeness (QED) is 0.811. The molecule has 0 aliphatic rings. The minimum Gasteiger partial charge on any atom is -0.493 e. The Hall–Kier alpha value is -2.82. The Balaban J connectivity index is 2.07. The van der Waals surface area contributed by atoms with Crippen molar-refractivity contribution >= 4 is 17.4 Å². The van der Waals surface area contributed by atoms with E-state index in [4.69, 9.17) is 9.47 Å². The molecule has 0 bridgehead atoms. The molecule has 1 amide bonds. The van der Waals surface area contributed by atoms with Crippen LogP contribution in [0.4, 0.5) is 5.69 Å². The van der Waals surface area contributed by atoms with Gasteiger partial charge in [0.05, 0.1) is 7.11 Å². The summed E-state index contributed by atoms with van der Waals surface area (Å²) in [6.07, 6.45) is 0. The number of hydrogen-bond donors (Lipinski definition) is 1. The second-order valence-electron chi connectivity index (χ2n) is 6.03. The van der Waals surface area contributed by atoms with Crippen LogP contribution in [-0.2, 0) is 4.79 Å². The zero-order valence-corrected chi connectivity index (χ0v) is 15.2. The molecule has 0 aromatic heterocycles. The molecular formula is C20H23NO4. The summed E-state index contributed by atoms with van der Waals surface area (Å²) in [5.41, 5.74) is 4.50. The molecule has 5 heteroatoms. The van der Waals surface area contributed by atoms with E-state index in [1.807, 2.05) is 32.9 Å². The first-order valence-electron chi connectivity index (χ1n) is 8.01. The molecule has 0 saturated carbocycles. The molecule has 2 rings (SSSR count). The lowest BCUT2D eigenvalue weighted by molar-refractivity contribution is -0.118. The number of anilines is 1. The molecule has 0 aliphatic heterocycles. The number of rotatable bonds is 6. The maximum Gasteiger partial charge on any atom is 0.262 e. The lowest BCUT2D eigenvalue weighted by Gasteiger charge is -2.14. The van der Waals surface area contributed by atoms with Gasteiger partial charge in [-0.25, -0.2) is 0 Å². The molecule has 25 heavy (non-hydrogen) atoms. The Kier molecular flexibility index (Phi) is 5.80. The summed E-state index contributed by atoms with van der Waals surface area (Å²) in [6.45, 7) is 7.27. The molecule has 0 unspecified atom stereocenters. The number of ether oxygens (including phenoxy) is 2. The second kappa shape index (κ2) is 7.83. The third-order valence-electron chi connectivity index (χ3n) is 3.87. The van der Waals surface area contributed by atoms with Crippen LogP contribution in [0.25, 0.3) is 0 Å². The summed E-state index contributed by atoms with van der Waals surface area (Å²) in [7, 11) is 1.49. The maximum absolute atomic E-state index is 12.2. The third kappa shape index (κ3) is 4.59. The molecule has 0 aliphatic carbocycles. The van der Waals surface area contributed by atoms with Crippen molar-refractivity contribution < 1.29 is 19.1 Å². The summed E-state index contributed by atoms with van der Waals surface area (Å²) < 4.78 is 10.8. The van der Waals surface area contributed by atoms with Crippen LogP contribution in [0.2, 0.25) is 0 Å². The number of carbonyl (C=O) groups excluding carboxylic acids is 2. The highest BCUT2D eigenvalue weighted by molar-refractivity contribution is 5.95. The number of methoxy groups -OCH3 is 1. The molecule has 2 aromatic carbocycles. The van der Waals surface area contributed by atoms with Crippen molar-refractivity contribution in [1.82, 2.24) is 0 Å². The minimum absolute atomic E-state index is 0.0621. The van der Waals surface area contributed by atoms with Gasteiger partial charge >= 0.3 is 0 Å². The molecule has 5 nitrogen and oxygen atoms in total. The van der Waals surface area contributed by atoms with Crippen LogP contribution in [0.15, 0.2) is 30.3 Å². The first-order valence-corrected chi connectivity index (χ1v) is 8.01. The van der Waals surface area contributed by atoms with Crippen LogP contribution in [0.5, 0.6) is 11.5 Å². The van der Waals surface area contributed by atoms with Crippen molar-refractivity contribution in [2.75, 3.05) is 19.0 Å². The zero-order chi connectivity index (χ0) is 18.6. The third-order valence-corrected chi connectivity index (χ3v) is 3.87. The fourth-order valence-corrected chi connectivity index (χ4v) is 2.70. The summed E-state index contributed by atoms with van der Waals surface area (Å²) in [5, 5.41) is 2.88. The average Bonchev–Trinajstić information content (AvgIpc) is 2.55. The van der Waals surface area contributed by atoms with Crippen molar-refractivity contribution in [3.63, 3.8) is 0 Å². The molecule has 0 radical (unpaired) electrons. The predicted octanol–water partition coefficient (Wildman–Crippen LogP) is 3.84. The van der Waals surface area contributed by atoms with Gasteiger partial charge in [0.25, 0.3) is 5.91 Å². The van der Waals surface area contributed by atoms with Crippen LogP contribution in [0, 0.1) is 20.8 Å². The van der Waals surface area contributed by atoms with E-state index < -0.39 is 0 Å². The fourth-order valence-electron chi connectivity index (χ4n) is 2.70. The summed E-state index contributed by atoms with van der Waals surface area (Å²) in [6, 6.07) is 8.92. The number of nitrogens with one attached hydrogen (secondary N) is 1. The van der Waals surface area contributed by atoms with Gasteiger partial charge in [-0.2, -0.15) is 0 Å². The molecule has 132 valence electrons. The zero-order valence-electron chi connectivity index (χ0n) is 15.2. The van der Waals surface area contributed by atoms with Gasteiger partial charge in [0.15, 0.2) is 23.9 Å². The van der Waals surface area contributed by atoms with Gasteiger partial charge in [-0.3, -0.25) is 9.59 Å². The molecule has 0 fully saturated rings. The molecule has 1 N–H and O–H groups in total. The van der Waals surface area contributed by atoms with Gasteiger partial charge in [-0.1, -0.05) is 17.7 Å². The topological polar surface area (TPSA) is 64.6 Å². The number of hydrogen-bond acceptors (Lipinski definition) is 4. The standard InChI is InChI=1S/C20H23NO4/c1-12-8-13(2)20(14(3)9-12)21-19(23)11-25-17-7-6-16(15(4)22)10-18(17)24-5/h6-10H,11H2,1-5H3,(H,21,23). The highest BCUT2D eigenvalue weighted by Crippen LogP contribution is 2.28. The summed E-state index contributed by atoms with van der Waals surface area (Å²) >= 11 is 0. The minimum atomic E-state index is -0.257. The van der Waals surface area contributed by atoms with Gasteiger partial charge in [-0.05, 0) is 57.0 Å². The van der Waals surface area contributed by atoms with E-state index in [0.29, 0.717) is 17.1 Å². The Morgan fingerprint density at radius 1 is 1.00 bits per heavy atom. The van der Waals surface area contributed by atoms with Crippen molar-refractivity contribution in [1.29, 1.82) is 0 Å². The number of aryl methyl sites for hydroxylation is 3. The number of carbonyl (C=O) groups is 2. The van der Waals surface area contributed by atoms with Gasteiger partial charge in [0.2, 0.25) is 0 Å². The highest BCUT2D eigenvalue weighted by Gasteiger charge is 2.12. The number of ketones is 1. The molecular weight excluding hydrogens is 318 g/mol. The van der Waals surface area contributed by atoms with Crippen molar-refractivity contribution in [3.8, 4) is 11.5 Å². The van der Waals surface area contributed by atoms with Crippen molar-refractivity contribution in [2.45, 2.75) is 27.7 Å². The normalized spacial score (nSPS) is 10.3. The van der Waals surface area contributed by atoms with E-state index in [2.05, 4.69) is 5.32 Å². The Morgan fingerprint density at radius 2 is 1.64 bits per heavy atom. The van der Waals surface area contributed by atoms with E-state index in [1.54, 1.807) is 18.2 Å². The van der Waals surface area contributed by atoms with Gasteiger partial charge < -0.3 is 14.8 Å². The van der Waals surface area contributed by atoms with E-state index in [0.717, 1.165) is 22.4 Å². The first kappa shape index (κ1) is 18.5. The molecule has 0 atom stereocenters. The Labute approximate surface area is 148 Å². The van der Waals surface area contributed by atoms with E-state index >= 15 is 0 Å². The first-order chi connectivity index (χ1) is 11.8. The molecule has 0 heterocycles. The van der Waals surface area contributed by atoms with E-state index in [-0.39, 0.29) is 18.3 Å². The van der Waals surface area contributed by atoms with Crippen LogP contribution < -0.4 is 14.8 Å². The molecule has 0 spiro atoms. The largest absolute Gasteiger partial charge is 0.493 e. The second-order valence-corrected chi connectivity index (χ2v) is 6.03. The van der Waals surface area contributed by atoms with Gasteiger partial charge in [0, 0.05) is 11.3 Å². The number of Topliss-reactive ketones (excluding diaryl/α,β-unsaturated/α-hetero) is 1.